The van der Waals surface area contributed by atoms with Gasteiger partial charge in [-0.15, -0.1) is 0 Å². The molecule has 0 unspecified atom stereocenters. The number of ether oxygens (including phenoxy) is 2. The van der Waals surface area contributed by atoms with E-state index in [1.165, 1.54) is 6.20 Å². The van der Waals surface area contributed by atoms with Crippen LogP contribution in [0.5, 0.6) is 11.5 Å². The number of esters is 1. The van der Waals surface area contributed by atoms with Crippen molar-refractivity contribution in [2.45, 2.75) is 13.8 Å². The van der Waals surface area contributed by atoms with Gasteiger partial charge in [-0.05, 0) is 56.3 Å². The van der Waals surface area contributed by atoms with Crippen LogP contribution < -0.4 is 10.1 Å². The van der Waals surface area contributed by atoms with Gasteiger partial charge in [-0.2, -0.15) is 5.10 Å². The van der Waals surface area contributed by atoms with Gasteiger partial charge in [-0.1, -0.05) is 24.3 Å². The maximum absolute atomic E-state index is 12.3. The minimum Gasteiger partial charge on any atom is -0.457 e. The number of benzene rings is 2. The zero-order valence-corrected chi connectivity index (χ0v) is 18.2. The Morgan fingerprint density at radius 3 is 2.42 bits per heavy atom. The monoisotopic (exact) mass is 442 g/mol. The SMILES string of the molecule is Cc1cc(C)n(-c2ccc(C(=O)OCC(=O)Nc3cccc(Oc4ccccc4)c3)cn2)n1. The molecular weight excluding hydrogens is 420 g/mol. The molecule has 0 bridgehead atoms. The molecule has 0 atom stereocenters. The number of carbonyl (C=O) groups is 2. The van der Waals surface area contributed by atoms with Gasteiger partial charge >= 0.3 is 5.97 Å². The summed E-state index contributed by atoms with van der Waals surface area (Å²) in [6.07, 6.45) is 1.40. The minimum atomic E-state index is -0.640. The first-order valence-electron chi connectivity index (χ1n) is 10.3. The number of hydrogen-bond acceptors (Lipinski definition) is 6. The third-order valence-corrected chi connectivity index (χ3v) is 4.64. The van der Waals surface area contributed by atoms with Gasteiger partial charge in [0.05, 0.1) is 11.3 Å². The molecule has 2 aromatic heterocycles. The molecule has 0 fully saturated rings. The van der Waals surface area contributed by atoms with Crippen molar-refractivity contribution in [3.8, 4) is 17.3 Å². The normalized spacial score (nSPS) is 10.5. The van der Waals surface area contributed by atoms with Crippen molar-refractivity contribution in [1.29, 1.82) is 0 Å². The summed E-state index contributed by atoms with van der Waals surface area (Å²) in [4.78, 5) is 28.8. The fourth-order valence-corrected chi connectivity index (χ4v) is 3.17. The summed E-state index contributed by atoms with van der Waals surface area (Å²) in [5, 5.41) is 7.05. The lowest BCUT2D eigenvalue weighted by Crippen LogP contribution is -2.21. The van der Waals surface area contributed by atoms with E-state index in [2.05, 4.69) is 15.4 Å². The number of pyridine rings is 1. The number of amides is 1. The molecule has 0 saturated heterocycles. The van der Waals surface area contributed by atoms with Crippen molar-refractivity contribution >= 4 is 17.6 Å². The highest BCUT2D eigenvalue weighted by molar-refractivity contribution is 5.95. The van der Waals surface area contributed by atoms with E-state index in [0.717, 1.165) is 11.4 Å². The van der Waals surface area contributed by atoms with Crippen LogP contribution >= 0.6 is 0 Å². The van der Waals surface area contributed by atoms with E-state index in [1.54, 1.807) is 41.1 Å². The van der Waals surface area contributed by atoms with E-state index in [4.69, 9.17) is 9.47 Å². The van der Waals surface area contributed by atoms with Crippen LogP contribution in [0, 0.1) is 13.8 Å². The topological polar surface area (TPSA) is 95.3 Å². The van der Waals surface area contributed by atoms with E-state index in [0.29, 0.717) is 23.0 Å². The van der Waals surface area contributed by atoms with Gasteiger partial charge in [0.25, 0.3) is 5.91 Å². The molecular formula is C25H22N4O4. The largest absolute Gasteiger partial charge is 0.457 e. The Balaban J connectivity index is 1.31. The molecule has 0 spiro atoms. The standard InChI is InChI=1S/C25H22N4O4/c1-17-13-18(2)29(28-17)23-12-11-19(15-26-23)25(31)32-16-24(30)27-20-7-6-10-22(14-20)33-21-8-4-3-5-9-21/h3-15H,16H2,1-2H3,(H,27,30). The van der Waals surface area contributed by atoms with Crippen LogP contribution in [0.3, 0.4) is 0 Å². The molecule has 4 rings (SSSR count). The number of nitrogens with zero attached hydrogens (tertiary/aromatic N) is 3. The van der Waals surface area contributed by atoms with E-state index in [9.17, 15) is 9.59 Å². The Bertz CT molecular complexity index is 1270. The molecule has 0 aliphatic heterocycles. The molecule has 0 aliphatic rings. The first-order valence-corrected chi connectivity index (χ1v) is 10.3. The fourth-order valence-electron chi connectivity index (χ4n) is 3.17. The number of para-hydroxylation sites is 1. The second-order valence-corrected chi connectivity index (χ2v) is 7.31. The number of carbonyl (C=O) groups excluding carboxylic acids is 2. The second kappa shape index (κ2) is 9.78. The van der Waals surface area contributed by atoms with Crippen molar-refractivity contribution in [3.05, 3.63) is 95.9 Å². The molecule has 0 saturated carbocycles. The van der Waals surface area contributed by atoms with Gasteiger partial charge < -0.3 is 14.8 Å². The summed E-state index contributed by atoms with van der Waals surface area (Å²) in [6.45, 7) is 3.39. The number of rotatable bonds is 7. The molecule has 166 valence electrons. The number of nitrogens with one attached hydrogen (secondary N) is 1. The lowest BCUT2D eigenvalue weighted by Gasteiger charge is -2.09. The Morgan fingerprint density at radius 2 is 1.73 bits per heavy atom. The lowest BCUT2D eigenvalue weighted by molar-refractivity contribution is -0.119. The maximum Gasteiger partial charge on any atom is 0.340 e. The summed E-state index contributed by atoms with van der Waals surface area (Å²) in [7, 11) is 0. The Morgan fingerprint density at radius 1 is 0.939 bits per heavy atom. The Labute approximate surface area is 190 Å². The molecule has 2 aromatic carbocycles. The summed E-state index contributed by atoms with van der Waals surface area (Å²) >= 11 is 0. The fraction of sp³-hybridized carbons (Fsp3) is 0.120. The van der Waals surface area contributed by atoms with Crippen LogP contribution in [0.15, 0.2) is 79.0 Å². The molecule has 8 heteroatoms. The van der Waals surface area contributed by atoms with Gasteiger partial charge in [0.1, 0.15) is 11.5 Å². The van der Waals surface area contributed by atoms with E-state index in [1.807, 2.05) is 50.2 Å². The molecule has 1 N–H and O–H groups in total. The zero-order chi connectivity index (χ0) is 23.2. The number of anilines is 1. The first-order chi connectivity index (χ1) is 16.0. The number of aromatic nitrogens is 3. The van der Waals surface area contributed by atoms with Crippen molar-refractivity contribution in [1.82, 2.24) is 14.8 Å². The molecule has 0 aliphatic carbocycles. The predicted octanol–water partition coefficient (Wildman–Crippen LogP) is 4.47. The molecule has 33 heavy (non-hydrogen) atoms. The van der Waals surface area contributed by atoms with Crippen molar-refractivity contribution in [2.75, 3.05) is 11.9 Å². The minimum absolute atomic E-state index is 0.242. The quantitative estimate of drug-likeness (QED) is 0.424. The third kappa shape index (κ3) is 5.62. The van der Waals surface area contributed by atoms with Crippen LogP contribution in [0.1, 0.15) is 21.7 Å². The zero-order valence-electron chi connectivity index (χ0n) is 18.2. The third-order valence-electron chi connectivity index (χ3n) is 4.64. The van der Waals surface area contributed by atoms with Crippen molar-refractivity contribution in [3.63, 3.8) is 0 Å². The predicted molar refractivity (Wildman–Crippen MR) is 123 cm³/mol. The highest BCUT2D eigenvalue weighted by Crippen LogP contribution is 2.23. The summed E-state index contributed by atoms with van der Waals surface area (Å²) in [5.41, 5.74) is 2.58. The van der Waals surface area contributed by atoms with Crippen LogP contribution in [0.2, 0.25) is 0 Å². The van der Waals surface area contributed by atoms with E-state index in [-0.39, 0.29) is 5.56 Å². The Hall–Kier alpha value is -4.46. The average Bonchev–Trinajstić information content (AvgIpc) is 3.16. The van der Waals surface area contributed by atoms with Crippen LogP contribution in [-0.2, 0) is 9.53 Å². The summed E-state index contributed by atoms with van der Waals surface area (Å²) in [6, 6.07) is 21.5. The van der Waals surface area contributed by atoms with E-state index < -0.39 is 18.5 Å². The summed E-state index contributed by atoms with van der Waals surface area (Å²) < 4.78 is 12.6. The maximum atomic E-state index is 12.3. The first kappa shape index (κ1) is 21.8. The smallest absolute Gasteiger partial charge is 0.340 e. The van der Waals surface area contributed by atoms with Crippen LogP contribution in [-0.4, -0.2) is 33.2 Å². The summed E-state index contributed by atoms with van der Waals surface area (Å²) in [5.74, 6) is 0.746. The average molecular weight is 442 g/mol. The molecule has 1 amide bonds. The molecule has 4 aromatic rings. The molecule has 0 radical (unpaired) electrons. The van der Waals surface area contributed by atoms with Gasteiger partial charge in [-0.25, -0.2) is 14.5 Å². The van der Waals surface area contributed by atoms with Crippen molar-refractivity contribution in [2.24, 2.45) is 0 Å². The Kier molecular flexibility index (Phi) is 6.45. The highest BCUT2D eigenvalue weighted by atomic mass is 16.5. The van der Waals surface area contributed by atoms with E-state index >= 15 is 0 Å². The van der Waals surface area contributed by atoms with Gasteiger partial charge in [0.2, 0.25) is 0 Å². The molecule has 8 nitrogen and oxygen atoms in total. The number of hydrogen-bond donors (Lipinski definition) is 1. The second-order valence-electron chi connectivity index (χ2n) is 7.31. The van der Waals surface area contributed by atoms with Gasteiger partial charge in [0.15, 0.2) is 12.4 Å². The molecule has 2 heterocycles. The van der Waals surface area contributed by atoms with Crippen LogP contribution in [0.25, 0.3) is 5.82 Å². The van der Waals surface area contributed by atoms with Gasteiger partial charge in [-0.3, -0.25) is 4.79 Å². The highest BCUT2D eigenvalue weighted by Gasteiger charge is 2.13. The number of aryl methyl sites for hydroxylation is 2. The van der Waals surface area contributed by atoms with Crippen LogP contribution in [0.4, 0.5) is 5.69 Å². The lowest BCUT2D eigenvalue weighted by atomic mass is 10.3. The van der Waals surface area contributed by atoms with Gasteiger partial charge in [0, 0.05) is 23.6 Å². The van der Waals surface area contributed by atoms with Crippen molar-refractivity contribution < 1.29 is 19.1 Å².